The van der Waals surface area contributed by atoms with Crippen LogP contribution in [0.4, 0.5) is 4.79 Å². The number of benzene rings is 2. The number of alkyl carbamates (subject to hydrolysis) is 1. The van der Waals surface area contributed by atoms with Gasteiger partial charge in [-0.05, 0) is 88.8 Å². The van der Waals surface area contributed by atoms with Crippen LogP contribution in [0, 0.1) is 0 Å². The number of hydrogen-bond acceptors (Lipinski definition) is 7. The number of rotatable bonds is 15. The van der Waals surface area contributed by atoms with Crippen molar-refractivity contribution in [3.63, 3.8) is 0 Å². The number of carbonyl (C=O) groups is 3. The van der Waals surface area contributed by atoms with Crippen molar-refractivity contribution in [2.75, 3.05) is 39.5 Å². The Morgan fingerprint density at radius 2 is 1.50 bits per heavy atom. The summed E-state index contributed by atoms with van der Waals surface area (Å²) in [5.74, 6) is -0.758. The molecule has 0 atom stereocenters. The molecule has 0 aliphatic heterocycles. The molecule has 0 unspecified atom stereocenters. The number of aromatic nitrogens is 2. The van der Waals surface area contributed by atoms with E-state index < -0.39 is 23.1 Å². The number of hydrogen-bond donors (Lipinski definition) is 3. The fourth-order valence-electron chi connectivity index (χ4n) is 5.78. The first-order chi connectivity index (χ1) is 23.8. The van der Waals surface area contributed by atoms with Gasteiger partial charge in [0.15, 0.2) is 5.69 Å². The van der Waals surface area contributed by atoms with E-state index in [1.54, 1.807) is 43.7 Å². The Morgan fingerprint density at radius 1 is 0.860 bits per heavy atom. The lowest BCUT2D eigenvalue weighted by atomic mass is 9.91. The summed E-state index contributed by atoms with van der Waals surface area (Å²) in [6.07, 6.45) is 2.37. The molecule has 0 saturated heterocycles. The van der Waals surface area contributed by atoms with Crippen molar-refractivity contribution >= 4 is 52.7 Å². The van der Waals surface area contributed by atoms with Gasteiger partial charge in [0.2, 0.25) is 5.91 Å². The molecular formula is C36H46Cl3N5O6. The fourth-order valence-corrected chi connectivity index (χ4v) is 6.46. The largest absolute Gasteiger partial charge is 0.444 e. The van der Waals surface area contributed by atoms with Crippen molar-refractivity contribution in [2.24, 2.45) is 0 Å². The summed E-state index contributed by atoms with van der Waals surface area (Å²) in [4.78, 5) is 39.4. The van der Waals surface area contributed by atoms with E-state index in [1.165, 1.54) is 0 Å². The van der Waals surface area contributed by atoms with Crippen molar-refractivity contribution in [3.8, 4) is 16.9 Å². The summed E-state index contributed by atoms with van der Waals surface area (Å²) in [7, 11) is 0. The molecule has 50 heavy (non-hydrogen) atoms. The second kappa shape index (κ2) is 17.7. The molecule has 0 radical (unpaired) electrons. The summed E-state index contributed by atoms with van der Waals surface area (Å²) in [6, 6.07) is 10.8. The van der Waals surface area contributed by atoms with Gasteiger partial charge in [0.1, 0.15) is 11.1 Å². The maximum absolute atomic E-state index is 14.1. The average molecular weight is 751 g/mol. The van der Waals surface area contributed by atoms with E-state index in [4.69, 9.17) is 54.1 Å². The number of nitrogens with zero attached hydrogens (tertiary/aromatic N) is 2. The van der Waals surface area contributed by atoms with Crippen molar-refractivity contribution < 1.29 is 28.6 Å². The van der Waals surface area contributed by atoms with E-state index in [2.05, 4.69) is 16.0 Å². The molecule has 4 rings (SSSR count). The number of halogens is 3. The fraction of sp³-hybridized carbons (Fsp3) is 0.500. The zero-order valence-corrected chi connectivity index (χ0v) is 31.5. The molecule has 272 valence electrons. The van der Waals surface area contributed by atoms with E-state index >= 15 is 0 Å². The maximum Gasteiger partial charge on any atom is 0.407 e. The van der Waals surface area contributed by atoms with Crippen molar-refractivity contribution in [3.05, 3.63) is 68.3 Å². The van der Waals surface area contributed by atoms with Gasteiger partial charge >= 0.3 is 6.09 Å². The third-order valence-corrected chi connectivity index (χ3v) is 9.12. The van der Waals surface area contributed by atoms with Crippen LogP contribution in [0.1, 0.15) is 75.5 Å². The first-order valence-corrected chi connectivity index (χ1v) is 18.0. The van der Waals surface area contributed by atoms with Gasteiger partial charge < -0.3 is 30.2 Å². The minimum Gasteiger partial charge on any atom is -0.444 e. The molecule has 3 N–H and O–H groups in total. The zero-order chi connectivity index (χ0) is 36.5. The lowest BCUT2D eigenvalue weighted by Crippen LogP contribution is -2.58. The summed E-state index contributed by atoms with van der Waals surface area (Å²) >= 11 is 19.2. The zero-order valence-electron chi connectivity index (χ0n) is 29.2. The molecule has 0 saturated carbocycles. The molecule has 11 nitrogen and oxygen atoms in total. The molecule has 3 amide bonds. The molecule has 3 aromatic rings. The van der Waals surface area contributed by atoms with Crippen LogP contribution in [0.15, 0.2) is 36.4 Å². The highest BCUT2D eigenvalue weighted by atomic mass is 35.5. The molecule has 1 aromatic heterocycles. The summed E-state index contributed by atoms with van der Waals surface area (Å²) in [5.41, 5.74) is 2.57. The molecule has 1 aliphatic rings. The SMILES string of the molecule is CCC(CC)(NC(=O)c1nn(-c2ccc(Cl)cc2Cl)c2c1CCCc1cc(Cl)ccc1-2)C(=O)NCCOCCOCCNC(=O)OC(C)(C)C. The van der Waals surface area contributed by atoms with Crippen LogP contribution in [0.3, 0.4) is 0 Å². The van der Waals surface area contributed by atoms with Gasteiger partial charge in [0.05, 0.1) is 42.8 Å². The van der Waals surface area contributed by atoms with E-state index in [0.29, 0.717) is 66.4 Å². The number of carbonyl (C=O) groups excluding carboxylic acids is 3. The van der Waals surface area contributed by atoms with Crippen LogP contribution in [0.25, 0.3) is 16.9 Å². The molecule has 0 spiro atoms. The quantitative estimate of drug-likeness (QED) is 0.143. The standard InChI is InChI=1S/C36H46Cl3N5O6/c1-6-36(7-2,33(46)40-15-17-48-19-20-49-18-16-41-34(47)50-35(3,4)5)42-32(45)30-27-10-8-9-23-21-24(37)11-13-26(23)31(27)44(43-30)29-14-12-25(38)22-28(29)39/h11-14,21-22H,6-10,15-20H2,1-5H3,(H,40,46)(H,41,47)(H,42,45). The predicted octanol–water partition coefficient (Wildman–Crippen LogP) is 6.95. The van der Waals surface area contributed by atoms with Gasteiger partial charge in [-0.1, -0.05) is 54.7 Å². The van der Waals surface area contributed by atoms with Crippen molar-refractivity contribution in [1.29, 1.82) is 0 Å². The van der Waals surface area contributed by atoms with Crippen LogP contribution >= 0.6 is 34.8 Å². The van der Waals surface area contributed by atoms with Gasteiger partial charge in [-0.3, -0.25) is 9.59 Å². The smallest absolute Gasteiger partial charge is 0.407 e. The number of nitrogens with one attached hydrogen (secondary N) is 3. The van der Waals surface area contributed by atoms with E-state index in [0.717, 1.165) is 35.2 Å². The lowest BCUT2D eigenvalue weighted by Gasteiger charge is -2.31. The molecule has 0 fully saturated rings. The Morgan fingerprint density at radius 3 is 2.14 bits per heavy atom. The number of fused-ring (bicyclic) bond motifs is 3. The van der Waals surface area contributed by atoms with Crippen molar-refractivity contribution in [1.82, 2.24) is 25.7 Å². The van der Waals surface area contributed by atoms with Gasteiger partial charge in [-0.15, -0.1) is 0 Å². The van der Waals surface area contributed by atoms with E-state index in [-0.39, 0.29) is 24.8 Å². The predicted molar refractivity (Wildman–Crippen MR) is 196 cm³/mol. The Labute approximate surface area is 308 Å². The number of amides is 3. The third kappa shape index (κ3) is 10.1. The van der Waals surface area contributed by atoms with Crippen molar-refractivity contribution in [2.45, 2.75) is 77.9 Å². The van der Waals surface area contributed by atoms with Crippen LogP contribution in [0.5, 0.6) is 0 Å². The molecular weight excluding hydrogens is 705 g/mol. The minimum absolute atomic E-state index is 0.234. The molecule has 2 aromatic carbocycles. The Bertz CT molecular complexity index is 1670. The molecule has 1 heterocycles. The third-order valence-electron chi connectivity index (χ3n) is 8.34. The average Bonchev–Trinajstić information content (AvgIpc) is 3.32. The van der Waals surface area contributed by atoms with Gasteiger partial charge in [0, 0.05) is 34.3 Å². The first-order valence-electron chi connectivity index (χ1n) is 16.9. The van der Waals surface area contributed by atoms with E-state index in [9.17, 15) is 14.4 Å². The Kier molecular flexibility index (Phi) is 14.0. The second-order valence-electron chi connectivity index (χ2n) is 13.0. The number of ether oxygens (including phenoxy) is 3. The highest BCUT2D eigenvalue weighted by Gasteiger charge is 2.38. The second-order valence-corrected chi connectivity index (χ2v) is 14.3. The van der Waals surface area contributed by atoms with Crippen LogP contribution < -0.4 is 16.0 Å². The van der Waals surface area contributed by atoms with Crippen LogP contribution in [-0.4, -0.2) is 78.3 Å². The minimum atomic E-state index is -1.17. The van der Waals surface area contributed by atoms with Gasteiger partial charge in [-0.2, -0.15) is 5.10 Å². The molecule has 14 heteroatoms. The first kappa shape index (κ1) is 39.4. The summed E-state index contributed by atoms with van der Waals surface area (Å²) in [6.45, 7) is 10.9. The van der Waals surface area contributed by atoms with Crippen LogP contribution in [0.2, 0.25) is 15.1 Å². The molecule has 1 aliphatic carbocycles. The highest BCUT2D eigenvalue weighted by Crippen LogP contribution is 2.39. The normalized spacial score (nSPS) is 12.8. The number of aryl methyl sites for hydroxylation is 1. The summed E-state index contributed by atoms with van der Waals surface area (Å²) < 4.78 is 17.9. The van der Waals surface area contributed by atoms with E-state index in [1.807, 2.05) is 32.0 Å². The Hall–Kier alpha value is -3.35. The Balaban J connectivity index is 1.40. The van der Waals surface area contributed by atoms with Crippen LogP contribution in [-0.2, 0) is 31.8 Å². The summed E-state index contributed by atoms with van der Waals surface area (Å²) in [5, 5.41) is 14.9. The maximum atomic E-state index is 14.1. The topological polar surface area (TPSA) is 133 Å². The lowest BCUT2D eigenvalue weighted by molar-refractivity contribution is -0.128. The van der Waals surface area contributed by atoms with Gasteiger partial charge in [0.25, 0.3) is 5.91 Å². The van der Waals surface area contributed by atoms with Gasteiger partial charge in [-0.25, -0.2) is 9.48 Å². The highest BCUT2D eigenvalue weighted by molar-refractivity contribution is 6.35. The monoisotopic (exact) mass is 749 g/mol. The molecule has 0 bridgehead atoms.